The first kappa shape index (κ1) is 17.5. The Hall–Kier alpha value is -1.56. The van der Waals surface area contributed by atoms with Crippen molar-refractivity contribution in [3.05, 3.63) is 29.8 Å². The Balaban J connectivity index is 3.08. The van der Waals surface area contributed by atoms with E-state index < -0.39 is 23.0 Å². The van der Waals surface area contributed by atoms with Gasteiger partial charge in [0.15, 0.2) is 0 Å². The fraction of sp³-hybridized carbons (Fsp3) is 0.467. The fourth-order valence-electron chi connectivity index (χ4n) is 2.40. The zero-order valence-corrected chi connectivity index (χ0v) is 13.0. The van der Waals surface area contributed by atoms with Gasteiger partial charge >= 0.3 is 0 Å². The predicted molar refractivity (Wildman–Crippen MR) is 84.0 cm³/mol. The minimum Gasteiger partial charge on any atom is -0.392 e. The average molecular weight is 314 g/mol. The van der Waals surface area contributed by atoms with Gasteiger partial charge in [-0.15, -0.1) is 0 Å². The van der Waals surface area contributed by atoms with Crippen molar-refractivity contribution >= 4 is 28.8 Å². The number of benzene rings is 1. The molecule has 1 rings (SSSR count). The van der Waals surface area contributed by atoms with Crippen LogP contribution in [0, 0.1) is 17.0 Å². The van der Waals surface area contributed by atoms with Crippen LogP contribution in [0.15, 0.2) is 18.2 Å². The van der Waals surface area contributed by atoms with Crippen molar-refractivity contribution in [1.82, 2.24) is 0 Å². The van der Waals surface area contributed by atoms with Crippen LogP contribution in [0.25, 0.3) is 0 Å². The molecule has 0 aliphatic heterocycles. The van der Waals surface area contributed by atoms with E-state index in [1.807, 2.05) is 13.8 Å². The Morgan fingerprint density at radius 2 is 1.86 bits per heavy atom. The van der Waals surface area contributed by atoms with E-state index >= 15 is 0 Å². The van der Waals surface area contributed by atoms with Crippen LogP contribution in [-0.2, 0) is 4.79 Å². The summed E-state index contributed by atoms with van der Waals surface area (Å²) in [7, 11) is 0. The highest BCUT2D eigenvalue weighted by Crippen LogP contribution is 2.32. The molecule has 0 spiro atoms. The largest absolute Gasteiger partial charge is 0.392 e. The number of carbonyl (C=O) groups is 1. The Labute approximate surface area is 128 Å². The zero-order valence-electron chi connectivity index (χ0n) is 12.2. The summed E-state index contributed by atoms with van der Waals surface area (Å²) in [5, 5.41) is 2.48. The van der Waals surface area contributed by atoms with Crippen LogP contribution in [0.3, 0.4) is 0 Å². The lowest BCUT2D eigenvalue weighted by molar-refractivity contribution is -0.122. The van der Waals surface area contributed by atoms with Crippen molar-refractivity contribution in [1.29, 1.82) is 0 Å². The number of carbonyl (C=O) groups excluding carboxylic acids is 1. The Bertz CT molecular complexity index is 528. The van der Waals surface area contributed by atoms with Gasteiger partial charge in [0.2, 0.25) is 5.91 Å². The first-order chi connectivity index (χ1) is 9.87. The van der Waals surface area contributed by atoms with Crippen molar-refractivity contribution in [2.24, 2.45) is 11.1 Å². The summed E-state index contributed by atoms with van der Waals surface area (Å²) in [6, 6.07) is 2.99. The van der Waals surface area contributed by atoms with E-state index in [1.54, 1.807) is 0 Å². The topological polar surface area (TPSA) is 55.1 Å². The van der Waals surface area contributed by atoms with E-state index in [0.717, 1.165) is 25.0 Å². The maximum atomic E-state index is 13.7. The van der Waals surface area contributed by atoms with Crippen molar-refractivity contribution in [2.45, 2.75) is 39.5 Å². The van der Waals surface area contributed by atoms with Gasteiger partial charge in [0.1, 0.15) is 11.6 Å². The molecule has 1 aromatic rings. The molecule has 0 saturated carbocycles. The Morgan fingerprint density at radius 3 is 2.29 bits per heavy atom. The summed E-state index contributed by atoms with van der Waals surface area (Å²) >= 11 is 5.07. The Morgan fingerprint density at radius 1 is 1.29 bits per heavy atom. The summed E-state index contributed by atoms with van der Waals surface area (Å²) in [6.07, 6.45) is 2.42. The molecule has 0 aliphatic carbocycles. The lowest BCUT2D eigenvalue weighted by Crippen LogP contribution is -2.46. The van der Waals surface area contributed by atoms with Crippen LogP contribution >= 0.6 is 12.2 Å². The highest BCUT2D eigenvalue weighted by molar-refractivity contribution is 7.80. The standard InChI is InChI=1S/C15H20F2N2OS/c1-3-7-15(8-4-2,13(18)21)14(20)19-12-6-5-10(16)9-11(12)17/h5-6,9H,3-4,7-8H2,1-2H3,(H2,18,21)(H,19,20). The van der Waals surface area contributed by atoms with Crippen molar-refractivity contribution in [3.8, 4) is 0 Å². The van der Waals surface area contributed by atoms with Gasteiger partial charge in [-0.1, -0.05) is 38.9 Å². The number of rotatable bonds is 7. The molecule has 0 aliphatic rings. The number of hydrogen-bond donors (Lipinski definition) is 2. The molecule has 1 amide bonds. The van der Waals surface area contributed by atoms with Gasteiger partial charge < -0.3 is 11.1 Å². The van der Waals surface area contributed by atoms with E-state index in [1.165, 1.54) is 6.07 Å². The van der Waals surface area contributed by atoms with Crippen LogP contribution in [0.2, 0.25) is 0 Å². The fourth-order valence-corrected chi connectivity index (χ4v) is 2.69. The molecular weight excluding hydrogens is 294 g/mol. The maximum absolute atomic E-state index is 13.7. The molecule has 0 unspecified atom stereocenters. The molecule has 3 nitrogen and oxygen atoms in total. The van der Waals surface area contributed by atoms with Crippen molar-refractivity contribution in [2.75, 3.05) is 5.32 Å². The van der Waals surface area contributed by atoms with E-state index in [2.05, 4.69) is 5.32 Å². The summed E-state index contributed by atoms with van der Waals surface area (Å²) < 4.78 is 26.5. The average Bonchev–Trinajstić information content (AvgIpc) is 2.41. The first-order valence-electron chi connectivity index (χ1n) is 6.93. The molecule has 0 aromatic heterocycles. The van der Waals surface area contributed by atoms with Gasteiger partial charge in [0.05, 0.1) is 16.1 Å². The molecule has 1 aromatic carbocycles. The third-order valence-electron chi connectivity index (χ3n) is 3.44. The van der Waals surface area contributed by atoms with Crippen molar-refractivity contribution in [3.63, 3.8) is 0 Å². The monoisotopic (exact) mass is 314 g/mol. The summed E-state index contributed by atoms with van der Waals surface area (Å²) in [4.78, 5) is 12.7. The van der Waals surface area contributed by atoms with Crippen LogP contribution in [-0.4, -0.2) is 10.9 Å². The van der Waals surface area contributed by atoms with Gasteiger partial charge in [-0.3, -0.25) is 4.79 Å². The zero-order chi connectivity index (χ0) is 16.0. The molecule has 0 atom stereocenters. The summed E-state index contributed by atoms with van der Waals surface area (Å²) in [5.74, 6) is -1.97. The molecule has 0 saturated heterocycles. The van der Waals surface area contributed by atoms with E-state index in [-0.39, 0.29) is 10.7 Å². The van der Waals surface area contributed by atoms with Crippen molar-refractivity contribution < 1.29 is 13.6 Å². The molecule has 0 radical (unpaired) electrons. The second kappa shape index (κ2) is 7.45. The second-order valence-electron chi connectivity index (χ2n) is 5.02. The number of anilines is 1. The third-order valence-corrected chi connectivity index (χ3v) is 3.83. The lowest BCUT2D eigenvalue weighted by atomic mass is 9.78. The van der Waals surface area contributed by atoms with E-state index in [4.69, 9.17) is 18.0 Å². The molecular formula is C15H20F2N2OS. The van der Waals surface area contributed by atoms with Crippen LogP contribution in [0.4, 0.5) is 14.5 Å². The van der Waals surface area contributed by atoms with Gasteiger partial charge in [-0.05, 0) is 25.0 Å². The highest BCUT2D eigenvalue weighted by Gasteiger charge is 2.40. The molecule has 3 N–H and O–H groups in total. The van der Waals surface area contributed by atoms with Gasteiger partial charge in [-0.25, -0.2) is 8.78 Å². The minimum atomic E-state index is -1.00. The molecule has 116 valence electrons. The summed E-state index contributed by atoms with van der Waals surface area (Å²) in [5.41, 5.74) is 4.70. The lowest BCUT2D eigenvalue weighted by Gasteiger charge is -2.31. The predicted octanol–water partition coefficient (Wildman–Crippen LogP) is 3.78. The quantitative estimate of drug-likeness (QED) is 0.753. The number of halogens is 2. The molecule has 6 heteroatoms. The molecule has 21 heavy (non-hydrogen) atoms. The highest BCUT2D eigenvalue weighted by atomic mass is 32.1. The SMILES string of the molecule is CCCC(CCC)(C(=O)Nc1ccc(F)cc1F)C(N)=S. The van der Waals surface area contributed by atoms with Gasteiger partial charge in [0.25, 0.3) is 0 Å². The first-order valence-corrected chi connectivity index (χ1v) is 7.34. The molecule has 0 bridgehead atoms. The normalized spacial score (nSPS) is 11.2. The van der Waals surface area contributed by atoms with E-state index in [9.17, 15) is 13.6 Å². The smallest absolute Gasteiger partial charge is 0.237 e. The van der Waals surface area contributed by atoms with Gasteiger partial charge in [0, 0.05) is 6.07 Å². The Kier molecular flexibility index (Phi) is 6.20. The summed E-state index contributed by atoms with van der Waals surface area (Å²) in [6.45, 7) is 3.85. The number of nitrogens with two attached hydrogens (primary N) is 1. The maximum Gasteiger partial charge on any atom is 0.237 e. The minimum absolute atomic E-state index is 0.0748. The number of thiocarbonyl (C=S) groups is 1. The number of nitrogens with one attached hydrogen (secondary N) is 1. The molecule has 0 heterocycles. The number of hydrogen-bond acceptors (Lipinski definition) is 2. The second-order valence-corrected chi connectivity index (χ2v) is 5.46. The van der Waals surface area contributed by atoms with Crippen LogP contribution in [0.1, 0.15) is 39.5 Å². The third kappa shape index (κ3) is 3.97. The van der Waals surface area contributed by atoms with E-state index in [0.29, 0.717) is 12.8 Å². The van der Waals surface area contributed by atoms with Crippen LogP contribution < -0.4 is 11.1 Å². The van der Waals surface area contributed by atoms with Crippen LogP contribution in [0.5, 0.6) is 0 Å². The number of amides is 1. The molecule has 0 fully saturated rings. The van der Waals surface area contributed by atoms with Gasteiger partial charge in [-0.2, -0.15) is 0 Å².